The number of hydrogen-bond acceptors (Lipinski definition) is 3. The standard InChI is InChI=1S/C11H23NO2.C2H6/c1-6-11(5)8(2)9(13)7-10(3,4)12(11)14;1-2/h8-9,13-14H,6-7H2,1-5H3;1-2H3. The Morgan fingerprint density at radius 3 is 2.06 bits per heavy atom. The maximum Gasteiger partial charge on any atom is 0.0602 e. The van der Waals surface area contributed by atoms with Gasteiger partial charge in [0.05, 0.1) is 6.10 Å². The highest BCUT2D eigenvalue weighted by Crippen LogP contribution is 2.42. The summed E-state index contributed by atoms with van der Waals surface area (Å²) in [5, 5.41) is 21.6. The van der Waals surface area contributed by atoms with Gasteiger partial charge >= 0.3 is 0 Å². The Morgan fingerprint density at radius 1 is 1.25 bits per heavy atom. The van der Waals surface area contributed by atoms with Gasteiger partial charge in [0.2, 0.25) is 0 Å². The van der Waals surface area contributed by atoms with Crippen LogP contribution in [0.4, 0.5) is 0 Å². The Kier molecular flexibility index (Phi) is 5.44. The number of hydroxylamine groups is 2. The first-order valence-electron chi connectivity index (χ1n) is 6.43. The molecular weight excluding hydrogens is 202 g/mol. The average molecular weight is 231 g/mol. The van der Waals surface area contributed by atoms with Crippen molar-refractivity contribution >= 4 is 0 Å². The van der Waals surface area contributed by atoms with Crippen LogP contribution in [0.2, 0.25) is 0 Å². The quantitative estimate of drug-likeness (QED) is 0.729. The van der Waals surface area contributed by atoms with Crippen molar-refractivity contribution in [2.45, 2.75) is 78.5 Å². The lowest BCUT2D eigenvalue weighted by Gasteiger charge is -2.55. The summed E-state index contributed by atoms with van der Waals surface area (Å²) in [7, 11) is 0. The maximum absolute atomic E-state index is 10.2. The van der Waals surface area contributed by atoms with Crippen molar-refractivity contribution in [3.05, 3.63) is 0 Å². The molecule has 1 fully saturated rings. The molecule has 1 heterocycles. The zero-order valence-corrected chi connectivity index (χ0v) is 11.9. The molecule has 0 aromatic carbocycles. The molecule has 3 nitrogen and oxygen atoms in total. The number of aliphatic hydroxyl groups is 1. The second-order valence-electron chi connectivity index (χ2n) is 5.40. The molecule has 3 atom stereocenters. The van der Waals surface area contributed by atoms with Gasteiger partial charge in [-0.2, -0.15) is 5.06 Å². The summed E-state index contributed by atoms with van der Waals surface area (Å²) in [6.45, 7) is 14.0. The molecule has 0 aliphatic carbocycles. The van der Waals surface area contributed by atoms with E-state index in [1.165, 1.54) is 5.06 Å². The second-order valence-corrected chi connectivity index (χ2v) is 5.40. The Morgan fingerprint density at radius 2 is 1.69 bits per heavy atom. The summed E-state index contributed by atoms with van der Waals surface area (Å²) in [4.78, 5) is 0. The molecule has 3 heteroatoms. The summed E-state index contributed by atoms with van der Waals surface area (Å²) in [5.41, 5.74) is -0.655. The molecule has 0 spiro atoms. The van der Waals surface area contributed by atoms with Gasteiger partial charge in [-0.25, -0.2) is 0 Å². The summed E-state index contributed by atoms with van der Waals surface area (Å²) < 4.78 is 0. The van der Waals surface area contributed by atoms with Crippen molar-refractivity contribution in [1.82, 2.24) is 5.06 Å². The maximum atomic E-state index is 10.2. The van der Waals surface area contributed by atoms with Crippen LogP contribution in [0.15, 0.2) is 0 Å². The minimum Gasteiger partial charge on any atom is -0.393 e. The van der Waals surface area contributed by atoms with Crippen LogP contribution in [-0.2, 0) is 0 Å². The summed E-state index contributed by atoms with van der Waals surface area (Å²) in [5.74, 6) is 0.102. The van der Waals surface area contributed by atoms with Crippen LogP contribution in [0.3, 0.4) is 0 Å². The van der Waals surface area contributed by atoms with E-state index in [0.29, 0.717) is 6.42 Å². The summed E-state index contributed by atoms with van der Waals surface area (Å²) in [6.07, 6.45) is 1.14. The number of hydrogen-bond donors (Lipinski definition) is 2. The molecule has 0 saturated carbocycles. The third-order valence-electron chi connectivity index (χ3n) is 4.04. The molecule has 0 aromatic heterocycles. The fourth-order valence-corrected chi connectivity index (χ4v) is 2.55. The van der Waals surface area contributed by atoms with Gasteiger partial charge in [-0.15, -0.1) is 0 Å². The number of piperidine rings is 1. The summed E-state index contributed by atoms with van der Waals surface area (Å²) >= 11 is 0. The lowest BCUT2D eigenvalue weighted by atomic mass is 9.71. The predicted octanol–water partition coefficient (Wildman–Crippen LogP) is 3.05. The first-order chi connectivity index (χ1) is 7.25. The van der Waals surface area contributed by atoms with Crippen molar-refractivity contribution in [1.29, 1.82) is 0 Å². The van der Waals surface area contributed by atoms with Gasteiger partial charge in [0, 0.05) is 17.0 Å². The van der Waals surface area contributed by atoms with Crippen molar-refractivity contribution in [2.24, 2.45) is 5.92 Å². The van der Waals surface area contributed by atoms with E-state index in [9.17, 15) is 10.3 Å². The van der Waals surface area contributed by atoms with Crippen LogP contribution < -0.4 is 0 Å². The van der Waals surface area contributed by atoms with Crippen LogP contribution in [0.1, 0.15) is 61.3 Å². The lowest BCUT2D eigenvalue weighted by molar-refractivity contribution is -0.281. The van der Waals surface area contributed by atoms with Gasteiger partial charge in [0.25, 0.3) is 0 Å². The molecule has 2 N–H and O–H groups in total. The van der Waals surface area contributed by atoms with Crippen LogP contribution in [0.5, 0.6) is 0 Å². The van der Waals surface area contributed by atoms with E-state index < -0.39 is 0 Å². The van der Waals surface area contributed by atoms with Crippen molar-refractivity contribution < 1.29 is 10.3 Å². The Bertz CT molecular complexity index is 218. The molecule has 0 radical (unpaired) electrons. The molecule has 16 heavy (non-hydrogen) atoms. The second kappa shape index (κ2) is 5.48. The lowest BCUT2D eigenvalue weighted by Crippen LogP contribution is -2.65. The van der Waals surface area contributed by atoms with E-state index in [1.807, 2.05) is 48.5 Å². The zero-order chi connectivity index (χ0) is 13.1. The highest BCUT2D eigenvalue weighted by Gasteiger charge is 2.50. The molecule has 0 aromatic rings. The van der Waals surface area contributed by atoms with Gasteiger partial charge in [-0.1, -0.05) is 27.7 Å². The normalized spacial score (nSPS) is 38.8. The first-order valence-corrected chi connectivity index (χ1v) is 6.43. The molecule has 1 saturated heterocycles. The molecule has 1 aliphatic rings. The van der Waals surface area contributed by atoms with E-state index in [2.05, 4.69) is 0 Å². The van der Waals surface area contributed by atoms with Crippen LogP contribution >= 0.6 is 0 Å². The Labute approximate surface area is 100 Å². The van der Waals surface area contributed by atoms with Gasteiger partial charge in [0.1, 0.15) is 0 Å². The SMILES string of the molecule is CC.CCC1(C)C(C)C(O)CC(C)(C)N1O. The third kappa shape index (κ3) is 2.58. The first kappa shape index (κ1) is 15.9. The average Bonchev–Trinajstić information content (AvgIpc) is 2.26. The minimum atomic E-state index is -0.337. The molecule has 98 valence electrons. The van der Waals surface area contributed by atoms with Crippen molar-refractivity contribution in [2.75, 3.05) is 0 Å². The number of aliphatic hydroxyl groups excluding tert-OH is 1. The van der Waals surface area contributed by atoms with Crippen molar-refractivity contribution in [3.8, 4) is 0 Å². The van der Waals surface area contributed by atoms with Gasteiger partial charge < -0.3 is 10.3 Å². The highest BCUT2D eigenvalue weighted by atomic mass is 16.5. The molecule has 1 aliphatic heterocycles. The van der Waals surface area contributed by atoms with E-state index in [4.69, 9.17) is 0 Å². The largest absolute Gasteiger partial charge is 0.393 e. The van der Waals surface area contributed by atoms with Crippen molar-refractivity contribution in [3.63, 3.8) is 0 Å². The highest BCUT2D eigenvalue weighted by molar-refractivity contribution is 5.01. The monoisotopic (exact) mass is 231 g/mol. The Hall–Kier alpha value is -0.120. The van der Waals surface area contributed by atoms with Gasteiger partial charge in [0.15, 0.2) is 0 Å². The van der Waals surface area contributed by atoms with Gasteiger partial charge in [-0.3, -0.25) is 0 Å². The smallest absolute Gasteiger partial charge is 0.0602 e. The third-order valence-corrected chi connectivity index (χ3v) is 4.04. The molecular formula is C13H29NO2. The van der Waals surface area contributed by atoms with E-state index in [1.54, 1.807) is 0 Å². The molecule has 1 rings (SSSR count). The molecule has 3 unspecified atom stereocenters. The zero-order valence-electron chi connectivity index (χ0n) is 11.9. The van der Waals surface area contributed by atoms with E-state index in [0.717, 1.165) is 6.42 Å². The minimum absolute atomic E-state index is 0.102. The van der Waals surface area contributed by atoms with Gasteiger partial charge in [-0.05, 0) is 33.6 Å². The molecule has 0 bridgehead atoms. The fraction of sp³-hybridized carbons (Fsp3) is 1.00. The van der Waals surface area contributed by atoms with Crippen LogP contribution in [0.25, 0.3) is 0 Å². The molecule has 0 amide bonds. The van der Waals surface area contributed by atoms with Crippen LogP contribution in [-0.4, -0.2) is 32.6 Å². The Balaban J connectivity index is 0.00000106. The van der Waals surface area contributed by atoms with E-state index in [-0.39, 0.29) is 23.1 Å². The number of nitrogens with zero attached hydrogens (tertiary/aromatic N) is 1. The van der Waals surface area contributed by atoms with E-state index >= 15 is 0 Å². The van der Waals surface area contributed by atoms with Crippen LogP contribution in [0, 0.1) is 5.92 Å². The summed E-state index contributed by atoms with van der Waals surface area (Å²) in [6, 6.07) is 0. The fourth-order valence-electron chi connectivity index (χ4n) is 2.55. The predicted molar refractivity (Wildman–Crippen MR) is 67.5 cm³/mol. The number of rotatable bonds is 1. The topological polar surface area (TPSA) is 43.7 Å².